The molecule has 8 heteroatoms. The van der Waals surface area contributed by atoms with Crippen molar-refractivity contribution in [2.75, 3.05) is 19.7 Å². The largest absolute Gasteiger partial charge is 0.493 e. The number of hydrogen-bond donors (Lipinski definition) is 3. The van der Waals surface area contributed by atoms with Gasteiger partial charge in [0, 0.05) is 24.4 Å². The molecule has 1 heterocycles. The van der Waals surface area contributed by atoms with Crippen molar-refractivity contribution in [1.29, 1.82) is 0 Å². The van der Waals surface area contributed by atoms with Crippen LogP contribution in [0.1, 0.15) is 57.9 Å². The number of amides is 3. The Morgan fingerprint density at radius 3 is 2.60 bits per heavy atom. The van der Waals surface area contributed by atoms with Crippen LogP contribution >= 0.6 is 11.8 Å². The van der Waals surface area contributed by atoms with Crippen molar-refractivity contribution >= 4 is 45.7 Å². The van der Waals surface area contributed by atoms with Gasteiger partial charge in [-0.25, -0.2) is 0 Å². The Morgan fingerprint density at radius 1 is 1.09 bits per heavy atom. The number of hydrogen-bond acceptors (Lipinski definition) is 6. The number of thioether (sulfide) groups is 1. The summed E-state index contributed by atoms with van der Waals surface area (Å²) in [5.74, 6) is 0.398. The van der Waals surface area contributed by atoms with Crippen LogP contribution in [0.5, 0.6) is 5.75 Å². The molecule has 0 bridgehead atoms. The minimum atomic E-state index is -0.374. The highest BCUT2D eigenvalue weighted by molar-refractivity contribution is 8.18. The van der Waals surface area contributed by atoms with Crippen LogP contribution in [0.4, 0.5) is 4.79 Å². The average molecular weight is 498 g/mol. The van der Waals surface area contributed by atoms with E-state index in [0.717, 1.165) is 53.2 Å². The minimum Gasteiger partial charge on any atom is -0.493 e. The van der Waals surface area contributed by atoms with Crippen LogP contribution in [-0.2, 0) is 9.59 Å². The van der Waals surface area contributed by atoms with Crippen LogP contribution in [0.25, 0.3) is 16.8 Å². The van der Waals surface area contributed by atoms with Crippen LogP contribution in [0.2, 0.25) is 0 Å². The zero-order valence-corrected chi connectivity index (χ0v) is 21.3. The first-order valence-corrected chi connectivity index (χ1v) is 13.2. The van der Waals surface area contributed by atoms with E-state index in [1.54, 1.807) is 6.08 Å². The summed E-state index contributed by atoms with van der Waals surface area (Å²) in [5.41, 5.74) is 0.842. The van der Waals surface area contributed by atoms with E-state index >= 15 is 0 Å². The molecule has 7 nitrogen and oxygen atoms in total. The maximum absolute atomic E-state index is 12.1. The van der Waals surface area contributed by atoms with E-state index in [1.807, 2.05) is 36.4 Å². The second-order valence-electron chi connectivity index (χ2n) is 8.55. The molecule has 1 aliphatic rings. The molecule has 0 aromatic heterocycles. The molecule has 2 aromatic rings. The third kappa shape index (κ3) is 8.11. The number of rotatable bonds is 14. The van der Waals surface area contributed by atoms with Crippen molar-refractivity contribution in [3.05, 3.63) is 46.9 Å². The normalized spacial score (nSPS) is 15.4. The summed E-state index contributed by atoms with van der Waals surface area (Å²) in [5, 5.41) is 10.3. The number of benzene rings is 2. The average Bonchev–Trinajstić information content (AvgIpc) is 3.18. The number of imide groups is 1. The third-order valence-electron chi connectivity index (χ3n) is 5.89. The molecule has 1 saturated heterocycles. The van der Waals surface area contributed by atoms with Crippen LogP contribution in [0, 0.1) is 0 Å². The Kier molecular flexibility index (Phi) is 10.6. The van der Waals surface area contributed by atoms with E-state index in [0.29, 0.717) is 36.9 Å². The zero-order chi connectivity index (χ0) is 25.0. The lowest BCUT2D eigenvalue weighted by atomic mass is 10.0. The van der Waals surface area contributed by atoms with Gasteiger partial charge in [-0.05, 0) is 67.1 Å². The van der Waals surface area contributed by atoms with Crippen molar-refractivity contribution in [1.82, 2.24) is 16.0 Å². The first kappa shape index (κ1) is 26.8. The fourth-order valence-corrected chi connectivity index (χ4v) is 4.71. The molecule has 188 valence electrons. The summed E-state index contributed by atoms with van der Waals surface area (Å²) in [6, 6.07) is 12.1. The van der Waals surface area contributed by atoms with Gasteiger partial charge in [0.1, 0.15) is 5.75 Å². The third-order valence-corrected chi connectivity index (χ3v) is 6.70. The number of nitrogens with one attached hydrogen (secondary N) is 3. The van der Waals surface area contributed by atoms with Gasteiger partial charge in [0.15, 0.2) is 0 Å². The molecular weight excluding hydrogens is 462 g/mol. The molecule has 0 radical (unpaired) electrons. The Morgan fingerprint density at radius 2 is 1.89 bits per heavy atom. The van der Waals surface area contributed by atoms with Crippen molar-refractivity contribution in [2.24, 2.45) is 0 Å². The number of carbonyl (C=O) groups is 3. The number of ether oxygens (including phenoxy) is 1. The summed E-state index contributed by atoms with van der Waals surface area (Å²) < 4.78 is 5.99. The van der Waals surface area contributed by atoms with Crippen LogP contribution in [0.3, 0.4) is 0 Å². The molecule has 3 rings (SSSR count). The van der Waals surface area contributed by atoms with Crippen LogP contribution in [-0.4, -0.2) is 42.8 Å². The lowest BCUT2D eigenvalue weighted by Crippen LogP contribution is -2.32. The van der Waals surface area contributed by atoms with Crippen molar-refractivity contribution in [3.63, 3.8) is 0 Å². The molecule has 1 atom stereocenters. The van der Waals surface area contributed by atoms with Crippen molar-refractivity contribution in [2.45, 2.75) is 58.4 Å². The van der Waals surface area contributed by atoms with Crippen molar-refractivity contribution < 1.29 is 19.1 Å². The van der Waals surface area contributed by atoms with Gasteiger partial charge >= 0.3 is 0 Å². The second-order valence-corrected chi connectivity index (χ2v) is 9.57. The standard InChI is InChI=1S/C27H35N3O4S/c1-3-9-20(4-2)28-15-8-16-29-25(31)12-7-17-34-23-14-13-19(21-10-5-6-11-22(21)23)18-24-26(32)30-27(33)35-24/h5-6,10-11,13-14,18,20,28H,3-4,7-9,12,15-17H2,1-2H3,(H,29,31)(H,30,32,33). The molecule has 1 fully saturated rings. The molecule has 0 spiro atoms. The number of fused-ring (bicyclic) bond motifs is 1. The molecule has 3 amide bonds. The van der Waals surface area contributed by atoms with Gasteiger partial charge < -0.3 is 15.4 Å². The smallest absolute Gasteiger partial charge is 0.290 e. The molecule has 1 unspecified atom stereocenters. The highest BCUT2D eigenvalue weighted by Crippen LogP contribution is 2.32. The fourth-order valence-electron chi connectivity index (χ4n) is 4.03. The molecule has 0 aliphatic carbocycles. The topological polar surface area (TPSA) is 96.5 Å². The van der Waals surface area contributed by atoms with Gasteiger partial charge in [-0.3, -0.25) is 19.7 Å². The summed E-state index contributed by atoms with van der Waals surface area (Å²) in [6.07, 6.45) is 7.19. The first-order valence-electron chi connectivity index (χ1n) is 12.4. The Hall–Kier alpha value is -2.84. The van der Waals surface area contributed by atoms with E-state index in [4.69, 9.17) is 4.74 Å². The predicted molar refractivity (Wildman–Crippen MR) is 142 cm³/mol. The molecule has 2 aromatic carbocycles. The molecular formula is C27H35N3O4S. The Labute approximate surface area is 211 Å². The van der Waals surface area contributed by atoms with E-state index in [2.05, 4.69) is 29.8 Å². The van der Waals surface area contributed by atoms with Crippen LogP contribution < -0.4 is 20.7 Å². The fraction of sp³-hybridized carbons (Fsp3) is 0.444. The van der Waals surface area contributed by atoms with E-state index in [1.165, 1.54) is 12.8 Å². The van der Waals surface area contributed by atoms with Gasteiger partial charge in [-0.15, -0.1) is 0 Å². The molecule has 1 aliphatic heterocycles. The second kappa shape index (κ2) is 13.9. The highest BCUT2D eigenvalue weighted by Gasteiger charge is 2.25. The minimum absolute atomic E-state index is 0.0444. The zero-order valence-electron chi connectivity index (χ0n) is 20.5. The maximum atomic E-state index is 12.1. The Bertz CT molecular complexity index is 1070. The van der Waals surface area contributed by atoms with Gasteiger partial charge in [-0.1, -0.05) is 50.6 Å². The first-order chi connectivity index (χ1) is 17.0. The van der Waals surface area contributed by atoms with E-state index < -0.39 is 0 Å². The van der Waals surface area contributed by atoms with Gasteiger partial charge in [-0.2, -0.15) is 0 Å². The molecule has 0 saturated carbocycles. The molecule has 35 heavy (non-hydrogen) atoms. The van der Waals surface area contributed by atoms with Gasteiger partial charge in [0.2, 0.25) is 5.91 Å². The number of carbonyl (C=O) groups excluding carboxylic acids is 3. The van der Waals surface area contributed by atoms with E-state index in [9.17, 15) is 14.4 Å². The predicted octanol–water partition coefficient (Wildman–Crippen LogP) is 5.00. The van der Waals surface area contributed by atoms with E-state index in [-0.39, 0.29) is 17.1 Å². The molecule has 3 N–H and O–H groups in total. The van der Waals surface area contributed by atoms with Gasteiger partial charge in [0.05, 0.1) is 11.5 Å². The summed E-state index contributed by atoms with van der Waals surface area (Å²) >= 11 is 0.902. The maximum Gasteiger partial charge on any atom is 0.290 e. The SMILES string of the molecule is CCCC(CC)NCCCNC(=O)CCCOc1ccc(C=C2SC(=O)NC2=O)c2ccccc12. The summed E-state index contributed by atoms with van der Waals surface area (Å²) in [7, 11) is 0. The lowest BCUT2D eigenvalue weighted by molar-refractivity contribution is -0.121. The lowest BCUT2D eigenvalue weighted by Gasteiger charge is -2.16. The van der Waals surface area contributed by atoms with Crippen molar-refractivity contribution in [3.8, 4) is 5.75 Å². The summed E-state index contributed by atoms with van der Waals surface area (Å²) in [4.78, 5) is 35.9. The quantitative estimate of drug-likeness (QED) is 0.251. The van der Waals surface area contributed by atoms with Crippen LogP contribution in [0.15, 0.2) is 41.3 Å². The summed E-state index contributed by atoms with van der Waals surface area (Å²) in [6.45, 7) is 6.43. The van der Waals surface area contributed by atoms with Gasteiger partial charge in [0.25, 0.3) is 11.1 Å². The Balaban J connectivity index is 1.45. The highest BCUT2D eigenvalue weighted by atomic mass is 32.2. The monoisotopic (exact) mass is 497 g/mol.